The first-order valence-electron chi connectivity index (χ1n) is 10.1. The zero-order valence-electron chi connectivity index (χ0n) is 17.4. The fraction of sp³-hybridized carbons (Fsp3) is 0.200. The number of fused-ring (bicyclic) bond motifs is 2. The summed E-state index contributed by atoms with van der Waals surface area (Å²) in [5.41, 5.74) is 4.47. The average molecular weight is 431 g/mol. The highest BCUT2D eigenvalue weighted by Gasteiger charge is 2.60. The van der Waals surface area contributed by atoms with E-state index in [0.29, 0.717) is 6.54 Å². The summed E-state index contributed by atoms with van der Waals surface area (Å²) in [6.07, 6.45) is 0. The molecule has 0 radical (unpaired) electrons. The number of amides is 2. The van der Waals surface area contributed by atoms with Crippen LogP contribution in [0.1, 0.15) is 16.7 Å². The van der Waals surface area contributed by atoms with Crippen LogP contribution in [0.5, 0.6) is 5.75 Å². The summed E-state index contributed by atoms with van der Waals surface area (Å²) in [4.78, 5) is 29.5. The van der Waals surface area contributed by atoms with Crippen molar-refractivity contribution in [1.82, 2.24) is 0 Å². The Bertz CT molecular complexity index is 1190. The monoisotopic (exact) mass is 430 g/mol. The molecular weight excluding hydrogens is 408 g/mol. The van der Waals surface area contributed by atoms with Gasteiger partial charge in [-0.05, 0) is 48.4 Å². The van der Waals surface area contributed by atoms with E-state index < -0.39 is 4.87 Å². The highest BCUT2D eigenvalue weighted by molar-refractivity contribution is 8.02. The Morgan fingerprint density at radius 1 is 1.00 bits per heavy atom. The number of rotatable bonds is 4. The summed E-state index contributed by atoms with van der Waals surface area (Å²) in [5, 5.41) is 0. The molecule has 1 spiro atoms. The molecule has 3 aromatic carbocycles. The molecule has 0 saturated carbocycles. The molecule has 5 nitrogen and oxygen atoms in total. The summed E-state index contributed by atoms with van der Waals surface area (Å²) in [6.45, 7) is 2.40. The Labute approximate surface area is 185 Å². The second-order valence-corrected chi connectivity index (χ2v) is 8.93. The zero-order chi connectivity index (χ0) is 21.6. The van der Waals surface area contributed by atoms with Gasteiger partial charge in [-0.1, -0.05) is 42.5 Å². The van der Waals surface area contributed by atoms with Gasteiger partial charge in [0.25, 0.3) is 5.91 Å². The van der Waals surface area contributed by atoms with E-state index in [0.717, 1.165) is 33.8 Å². The standard InChI is InChI=1S/C25H22N2O3S/c1-17-7-5-9-19(13-17)27-23(28)16-31-25(27)21-11-3-4-12-22(21)26(24(25)29)15-18-8-6-10-20(14-18)30-2/h3-14H,15-16H2,1-2H3/t25-/m1/s1. The van der Waals surface area contributed by atoms with Gasteiger partial charge in [-0.2, -0.15) is 0 Å². The number of nitrogens with zero attached hydrogens (tertiary/aromatic N) is 2. The third kappa shape index (κ3) is 3.01. The van der Waals surface area contributed by atoms with E-state index in [-0.39, 0.29) is 17.6 Å². The van der Waals surface area contributed by atoms with Crippen LogP contribution in [0.15, 0.2) is 72.8 Å². The van der Waals surface area contributed by atoms with E-state index in [1.54, 1.807) is 16.9 Å². The number of thioether (sulfide) groups is 1. The van der Waals surface area contributed by atoms with Crippen LogP contribution in [0.3, 0.4) is 0 Å². The van der Waals surface area contributed by atoms with Crippen molar-refractivity contribution in [2.24, 2.45) is 0 Å². The number of carbonyl (C=O) groups is 2. The fourth-order valence-corrected chi connectivity index (χ4v) is 5.79. The van der Waals surface area contributed by atoms with Crippen LogP contribution in [0.2, 0.25) is 0 Å². The molecule has 1 saturated heterocycles. The van der Waals surface area contributed by atoms with Gasteiger partial charge in [0.1, 0.15) is 5.75 Å². The van der Waals surface area contributed by atoms with Gasteiger partial charge >= 0.3 is 0 Å². The minimum atomic E-state index is -1.08. The molecular formula is C25H22N2O3S. The maximum absolute atomic E-state index is 14.0. The maximum Gasteiger partial charge on any atom is 0.269 e. The van der Waals surface area contributed by atoms with E-state index in [1.807, 2.05) is 79.7 Å². The highest BCUT2D eigenvalue weighted by Crippen LogP contribution is 2.56. The Balaban J connectivity index is 1.63. The van der Waals surface area contributed by atoms with Crippen molar-refractivity contribution in [1.29, 1.82) is 0 Å². The molecule has 1 fully saturated rings. The third-order valence-corrected chi connectivity index (χ3v) is 7.18. The first-order chi connectivity index (χ1) is 15.0. The minimum absolute atomic E-state index is 0.0537. The summed E-state index contributed by atoms with van der Waals surface area (Å²) < 4.78 is 5.35. The van der Waals surface area contributed by atoms with Gasteiger partial charge < -0.3 is 9.64 Å². The smallest absolute Gasteiger partial charge is 0.269 e. The van der Waals surface area contributed by atoms with Gasteiger partial charge in [0.05, 0.1) is 25.1 Å². The number of ether oxygens (including phenoxy) is 1. The van der Waals surface area contributed by atoms with Crippen molar-refractivity contribution >= 4 is 35.0 Å². The number of hydrogen-bond acceptors (Lipinski definition) is 4. The van der Waals surface area contributed by atoms with Crippen molar-refractivity contribution in [3.8, 4) is 5.75 Å². The van der Waals surface area contributed by atoms with Crippen molar-refractivity contribution in [3.05, 3.63) is 89.5 Å². The van der Waals surface area contributed by atoms with Gasteiger partial charge in [-0.3, -0.25) is 14.5 Å². The largest absolute Gasteiger partial charge is 0.497 e. The summed E-state index contributed by atoms with van der Waals surface area (Å²) in [7, 11) is 1.63. The molecule has 0 aromatic heterocycles. The Morgan fingerprint density at radius 2 is 1.81 bits per heavy atom. The third-order valence-electron chi connectivity index (χ3n) is 5.80. The Morgan fingerprint density at radius 3 is 2.61 bits per heavy atom. The van der Waals surface area contributed by atoms with Crippen molar-refractivity contribution in [3.63, 3.8) is 0 Å². The quantitative estimate of drug-likeness (QED) is 0.612. The van der Waals surface area contributed by atoms with E-state index >= 15 is 0 Å². The second kappa shape index (κ2) is 7.46. The van der Waals surface area contributed by atoms with Gasteiger partial charge in [0, 0.05) is 11.3 Å². The number of benzene rings is 3. The van der Waals surface area contributed by atoms with Gasteiger partial charge in [-0.15, -0.1) is 11.8 Å². The molecule has 2 amide bonds. The van der Waals surface area contributed by atoms with Crippen LogP contribution in [0.25, 0.3) is 0 Å². The number of anilines is 2. The topological polar surface area (TPSA) is 49.9 Å². The first kappa shape index (κ1) is 19.7. The van der Waals surface area contributed by atoms with Crippen molar-refractivity contribution < 1.29 is 14.3 Å². The normalized spacial score (nSPS) is 19.9. The number of para-hydroxylation sites is 1. The lowest BCUT2D eigenvalue weighted by molar-refractivity contribution is -0.123. The molecule has 0 unspecified atom stereocenters. The summed E-state index contributed by atoms with van der Waals surface area (Å²) in [6, 6.07) is 23.3. The average Bonchev–Trinajstić information content (AvgIpc) is 3.25. The lowest BCUT2D eigenvalue weighted by atomic mass is 10.0. The predicted molar refractivity (Wildman–Crippen MR) is 123 cm³/mol. The molecule has 2 heterocycles. The highest BCUT2D eigenvalue weighted by atomic mass is 32.2. The van der Waals surface area contributed by atoms with E-state index in [2.05, 4.69) is 0 Å². The maximum atomic E-state index is 14.0. The molecule has 31 heavy (non-hydrogen) atoms. The minimum Gasteiger partial charge on any atom is -0.497 e. The molecule has 156 valence electrons. The fourth-order valence-electron chi connectivity index (χ4n) is 4.43. The van der Waals surface area contributed by atoms with Gasteiger partial charge in [-0.25, -0.2) is 0 Å². The summed E-state index contributed by atoms with van der Waals surface area (Å²) in [5.74, 6) is 0.871. The second-order valence-electron chi connectivity index (χ2n) is 7.76. The number of aryl methyl sites for hydroxylation is 1. The van der Waals surface area contributed by atoms with Crippen LogP contribution in [-0.2, 0) is 21.0 Å². The molecule has 0 aliphatic carbocycles. The van der Waals surface area contributed by atoms with Crippen LogP contribution < -0.4 is 14.5 Å². The molecule has 1 atom stereocenters. The molecule has 3 aromatic rings. The van der Waals surface area contributed by atoms with E-state index in [9.17, 15) is 9.59 Å². The van der Waals surface area contributed by atoms with Crippen LogP contribution in [0, 0.1) is 6.92 Å². The van der Waals surface area contributed by atoms with Crippen LogP contribution in [-0.4, -0.2) is 24.7 Å². The number of hydrogen-bond donors (Lipinski definition) is 0. The Kier molecular flexibility index (Phi) is 4.74. The number of methoxy groups -OCH3 is 1. The van der Waals surface area contributed by atoms with Gasteiger partial charge in [0.2, 0.25) is 10.8 Å². The SMILES string of the molecule is COc1cccc(CN2C(=O)[C@]3(SCC(=O)N3c3cccc(C)c3)c3ccccc32)c1. The molecule has 0 N–H and O–H groups in total. The first-order valence-corrected chi connectivity index (χ1v) is 11.1. The molecule has 0 bridgehead atoms. The van der Waals surface area contributed by atoms with Crippen molar-refractivity contribution in [2.45, 2.75) is 18.3 Å². The molecule has 2 aliphatic rings. The van der Waals surface area contributed by atoms with E-state index in [4.69, 9.17) is 4.74 Å². The summed E-state index contributed by atoms with van der Waals surface area (Å²) >= 11 is 1.40. The van der Waals surface area contributed by atoms with Crippen LogP contribution >= 0.6 is 11.8 Å². The lowest BCUT2D eigenvalue weighted by Crippen LogP contribution is -2.49. The zero-order valence-corrected chi connectivity index (χ0v) is 18.2. The van der Waals surface area contributed by atoms with E-state index in [1.165, 1.54) is 11.8 Å². The van der Waals surface area contributed by atoms with Gasteiger partial charge in [0.15, 0.2) is 0 Å². The lowest BCUT2D eigenvalue weighted by Gasteiger charge is -2.33. The van der Waals surface area contributed by atoms with Crippen molar-refractivity contribution in [2.75, 3.05) is 22.7 Å². The molecule has 5 rings (SSSR count). The Hall–Kier alpha value is -3.25. The van der Waals surface area contributed by atoms with Crippen LogP contribution in [0.4, 0.5) is 11.4 Å². The number of carbonyl (C=O) groups excluding carboxylic acids is 2. The molecule has 6 heteroatoms. The predicted octanol–water partition coefficient (Wildman–Crippen LogP) is 4.48. The molecule has 2 aliphatic heterocycles.